The van der Waals surface area contributed by atoms with Gasteiger partial charge < -0.3 is 22.9 Å². The van der Waals surface area contributed by atoms with Gasteiger partial charge in [0.15, 0.2) is 8.07 Å². The van der Waals surface area contributed by atoms with Crippen LogP contribution < -0.4 is 30.1 Å². The average molecular weight is 1530 g/mol. The maximum Gasteiger partial charge on any atom is 0.268 e. The molecule has 5 aromatic heterocycles. The maximum atomic E-state index is 10.1. The van der Waals surface area contributed by atoms with Gasteiger partial charge in [-0.3, -0.25) is 4.57 Å². The number of para-hydroxylation sites is 5. The number of rotatable bonds is 10. The largest absolute Gasteiger partial charge is 0.510 e. The molecule has 492 valence electrons. The van der Waals surface area contributed by atoms with Gasteiger partial charge in [-0.05, 0) is 148 Å². The van der Waals surface area contributed by atoms with Crippen LogP contribution in [-0.2, 0) is 26.5 Å². The van der Waals surface area contributed by atoms with Crippen LogP contribution >= 0.6 is 0 Å². The summed E-state index contributed by atoms with van der Waals surface area (Å²) in [5, 5.41) is 3.79. The maximum absolute atomic E-state index is 10.1. The predicted molar refractivity (Wildman–Crippen MR) is 419 cm³/mol. The van der Waals surface area contributed by atoms with E-state index in [2.05, 4.69) is 109 Å². The molecule has 7 nitrogen and oxygen atoms in total. The van der Waals surface area contributed by atoms with Crippen molar-refractivity contribution < 1.29 is 55.3 Å². The molecule has 0 N–H and O–H groups in total. The Morgan fingerprint density at radius 3 is 1.71 bits per heavy atom. The Hall–Kier alpha value is -12.2. The van der Waals surface area contributed by atoms with E-state index in [1.165, 1.54) is 0 Å². The second-order valence-corrected chi connectivity index (χ2v) is 30.2. The fourth-order valence-electron chi connectivity index (χ4n) is 15.4. The Morgan fingerprint density at radius 2 is 1.02 bits per heavy atom. The summed E-state index contributed by atoms with van der Waals surface area (Å²) in [4.78, 5) is 4.93. The van der Waals surface area contributed by atoms with Gasteiger partial charge in [0.25, 0.3) is 6.33 Å². The summed E-state index contributed by atoms with van der Waals surface area (Å²) in [6.45, 7) is 6.53. The molecule has 0 amide bonds. The molecule has 1 aliphatic rings. The molecule has 9 heteroatoms. The van der Waals surface area contributed by atoms with E-state index in [4.69, 9.17) is 18.3 Å². The molecule has 0 radical (unpaired) electrons. The van der Waals surface area contributed by atoms with E-state index < -0.39 is 114 Å². The van der Waals surface area contributed by atoms with E-state index in [1.807, 2.05) is 167 Å². The summed E-state index contributed by atoms with van der Waals surface area (Å²) in [6.07, 6.45) is 5.80. The summed E-state index contributed by atoms with van der Waals surface area (Å²) >= 11 is 0. The van der Waals surface area contributed by atoms with Crippen molar-refractivity contribution in [2.24, 2.45) is 0 Å². The molecule has 0 aliphatic carbocycles. The molecule has 0 fully saturated rings. The zero-order valence-corrected chi connectivity index (χ0v) is 58.7. The third kappa shape index (κ3) is 9.80. The van der Waals surface area contributed by atoms with Gasteiger partial charge in [0.05, 0.1) is 54.0 Å². The van der Waals surface area contributed by atoms with Crippen molar-refractivity contribution >= 4 is 105 Å². The number of fused-ring (bicyclic) bond motifs is 16. The summed E-state index contributed by atoms with van der Waals surface area (Å²) < 4.78 is 166. The first kappa shape index (κ1) is 47.8. The van der Waals surface area contributed by atoms with E-state index >= 15 is 0 Å². The van der Waals surface area contributed by atoms with Gasteiger partial charge in [0.2, 0.25) is 0 Å². The van der Waals surface area contributed by atoms with Crippen LogP contribution in [0.5, 0.6) is 11.5 Å². The van der Waals surface area contributed by atoms with Crippen molar-refractivity contribution in [2.45, 2.75) is 26.2 Å². The fourth-order valence-corrected chi connectivity index (χ4v) is 19.2. The van der Waals surface area contributed by atoms with Crippen molar-refractivity contribution in [1.82, 2.24) is 18.7 Å². The molecule has 1 aliphatic heterocycles. The average Bonchev–Trinajstić information content (AvgIpc) is 1.05. The van der Waals surface area contributed by atoms with E-state index in [1.54, 1.807) is 18.2 Å². The van der Waals surface area contributed by atoms with Crippen molar-refractivity contribution in [3.63, 3.8) is 0 Å². The molecule has 14 aromatic carbocycles. The number of ether oxygens (including phenoxy) is 1. The monoisotopic (exact) mass is 1530 g/mol. The minimum atomic E-state index is -5.74. The number of hydrogen-bond acceptors (Lipinski definition) is 3. The molecule has 0 spiro atoms. The van der Waals surface area contributed by atoms with Gasteiger partial charge in [-0.2, -0.15) is 18.2 Å². The van der Waals surface area contributed by atoms with E-state index in [0.717, 1.165) is 88.0 Å². The van der Waals surface area contributed by atoms with Crippen molar-refractivity contribution in [1.29, 1.82) is 0 Å². The molecule has 0 unspecified atom stereocenters. The smallest absolute Gasteiger partial charge is 0.268 e. The zero-order valence-electron chi connectivity index (χ0n) is 70.4. The second-order valence-electron chi connectivity index (χ2n) is 26.7. The molecule has 19 aromatic rings. The Bertz CT molecular complexity index is 7290. The molecular formula is C94H63N5O2PtSi-2. The molecule has 103 heavy (non-hydrogen) atoms. The number of benzene rings is 14. The van der Waals surface area contributed by atoms with Crippen LogP contribution in [0.25, 0.3) is 144 Å². The van der Waals surface area contributed by atoms with Crippen molar-refractivity contribution in [2.75, 3.05) is 0 Å². The Kier molecular flexibility index (Phi) is 11.3. The topological polar surface area (TPSA) is 53.9 Å². The Balaban J connectivity index is 0.00000925. The summed E-state index contributed by atoms with van der Waals surface area (Å²) in [7, 11) is -5.74. The minimum absolute atomic E-state index is 0. The first-order valence-electron chi connectivity index (χ1n) is 41.1. The van der Waals surface area contributed by atoms with E-state index in [0.29, 0.717) is 73.0 Å². The van der Waals surface area contributed by atoms with Gasteiger partial charge in [-0.25, -0.2) is 4.98 Å². The van der Waals surface area contributed by atoms with Crippen LogP contribution in [0.4, 0.5) is 0 Å². The molecular weight excluding hydrogens is 1450 g/mol. The van der Waals surface area contributed by atoms with Gasteiger partial charge >= 0.3 is 0 Å². The molecule has 0 bridgehead atoms. The molecule has 20 rings (SSSR count). The molecule has 6 heterocycles. The van der Waals surface area contributed by atoms with Gasteiger partial charge in [0.1, 0.15) is 17.0 Å². The number of pyridine rings is 1. The summed E-state index contributed by atoms with van der Waals surface area (Å²) in [5.74, 6) is 1.49. The number of hydrogen-bond donors (Lipinski definition) is 0. The van der Waals surface area contributed by atoms with Crippen LogP contribution in [0.3, 0.4) is 0 Å². The van der Waals surface area contributed by atoms with Gasteiger partial charge in [-0.15, -0.1) is 29.7 Å². The van der Waals surface area contributed by atoms with Gasteiger partial charge in [-0.1, -0.05) is 256 Å². The number of aromatic nitrogens is 5. The first-order valence-corrected chi connectivity index (χ1v) is 35.6. The number of furan rings is 1. The SMILES string of the molecule is [2H]c1c([2H])c([2H])c([Si](c2ccc3c(c2)-c2cccc(-n4c5ccccc5c5ccccc54)c2-[n+]2[c-]n(-c4[c-]c(Oc5[c-]c6c(cc5)c5ccccc5n6-c5cc(C(C)(C)C)ccn5)ccc4)c4cc(-c5ccc6oc7ccccc7c6c5)cc(c42)-c2ccccc2-3)(c2c([2H])c([2H])c([2H])c([2H])c2[2H])c2c([2H])c([2H])c([2H])c([2H])c2[2H])c([2H])c1[2H].[Pt]. The van der Waals surface area contributed by atoms with Crippen LogP contribution in [-0.4, -0.2) is 26.8 Å². The predicted octanol–water partition coefficient (Wildman–Crippen LogP) is 20.2. The van der Waals surface area contributed by atoms with Crippen molar-refractivity contribution in [3.05, 3.63) is 351 Å². The van der Waals surface area contributed by atoms with Crippen LogP contribution in [0, 0.1) is 18.5 Å². The molecule has 0 saturated heterocycles. The third-order valence-electron chi connectivity index (χ3n) is 20.0. The van der Waals surface area contributed by atoms with E-state index in [9.17, 15) is 16.4 Å². The fraction of sp³-hybridized carbons (Fsp3) is 0.0426. The standard InChI is InChI=1S/C94H63N5O2Si.Pt/c1-94(2,3)63-51-52-95-91(56-63)99-85-42-21-17-37-76(85)77-48-46-66(58-87(77)99)100-65-26-23-25-64(57-65)96-60-97-92-79(39-24-43-86(92)98-83-40-19-15-35-74(83)75-36-16-20-41-84(75)98)80-59-70(102(67-27-7-4-8-28-67,68-29-9-5-10-30-68)69-31-11-6-12-32-69)47-49-73(80)71-33-13-14-34-72(71)82-54-62(55-88(96)93(82)97)61-45-50-90-81(53-61)78-38-18-22-44-89(78)101-90;/h4-56,59H,1-3H3;/q-2;/i4D,5D,6D,7D,8D,9D,10D,11D,12D,27D,28D,29D,30D,31D,32D;. The second kappa shape index (κ2) is 24.3. The zero-order chi connectivity index (χ0) is 80.8. The number of imidazole rings is 1. The Labute approximate surface area is 632 Å². The molecule has 0 atom stereocenters. The third-order valence-corrected chi connectivity index (χ3v) is 24.2. The van der Waals surface area contributed by atoms with Crippen LogP contribution in [0.2, 0.25) is 0 Å². The summed E-state index contributed by atoms with van der Waals surface area (Å²) in [6, 6.07) is 69.7. The van der Waals surface area contributed by atoms with Gasteiger partial charge in [0, 0.05) is 65.8 Å². The Morgan fingerprint density at radius 1 is 0.437 bits per heavy atom. The normalized spacial score (nSPS) is 14.2. The van der Waals surface area contributed by atoms with E-state index in [-0.39, 0.29) is 31.7 Å². The quantitative estimate of drug-likeness (QED) is 0.0593. The molecule has 0 saturated carbocycles. The minimum Gasteiger partial charge on any atom is -0.510 e. The van der Waals surface area contributed by atoms with Crippen molar-refractivity contribution in [3.8, 4) is 78.9 Å². The van der Waals surface area contributed by atoms with Crippen LogP contribution in [0.1, 0.15) is 46.9 Å². The first-order chi connectivity index (χ1) is 56.4. The number of nitrogens with zero attached hydrogens (tertiary/aromatic N) is 5. The summed E-state index contributed by atoms with van der Waals surface area (Å²) in [5.41, 5.74) is 13.8. The van der Waals surface area contributed by atoms with Crippen LogP contribution in [0.15, 0.2) is 332 Å².